The molecular formula is C39H54FNO14. The number of rotatable bonds is 12. The van der Waals surface area contributed by atoms with Crippen LogP contribution >= 0.6 is 0 Å². The highest BCUT2D eigenvalue weighted by molar-refractivity contribution is 6.06. The van der Waals surface area contributed by atoms with E-state index in [2.05, 4.69) is 4.99 Å². The van der Waals surface area contributed by atoms with Crippen molar-refractivity contribution in [2.75, 3.05) is 26.4 Å². The van der Waals surface area contributed by atoms with Gasteiger partial charge in [-0.05, 0) is 63.0 Å². The predicted molar refractivity (Wildman–Crippen MR) is 190 cm³/mol. The normalized spacial score (nSPS) is 41.3. The van der Waals surface area contributed by atoms with Crippen molar-refractivity contribution in [1.82, 2.24) is 0 Å². The summed E-state index contributed by atoms with van der Waals surface area (Å²) < 4.78 is 51.0. The van der Waals surface area contributed by atoms with Gasteiger partial charge in [-0.1, -0.05) is 25.5 Å². The fraction of sp³-hybridized carbons (Fsp3) is 0.744. The molecule has 306 valence electrons. The molecule has 0 spiro atoms. The second kappa shape index (κ2) is 16.1. The second-order valence-electron chi connectivity index (χ2n) is 15.9. The van der Waals surface area contributed by atoms with Crippen molar-refractivity contribution in [3.05, 3.63) is 23.8 Å². The average molecular weight is 780 g/mol. The van der Waals surface area contributed by atoms with Crippen LogP contribution in [0, 0.1) is 28.6 Å². The molecule has 15 nitrogen and oxygen atoms in total. The summed E-state index contributed by atoms with van der Waals surface area (Å²) in [4.78, 5) is 65.3. The maximum Gasteiger partial charge on any atom is 0.303 e. The number of aliphatic imine (C=N–C) groups is 1. The summed E-state index contributed by atoms with van der Waals surface area (Å²) in [6, 6.07) is 0. The predicted octanol–water partition coefficient (Wildman–Crippen LogP) is 2.26. The number of Topliss-reactive ketones (excluding diaryl/α,β-unsaturated/α-hetero) is 1. The van der Waals surface area contributed by atoms with Crippen LogP contribution in [0.4, 0.5) is 4.39 Å². The Morgan fingerprint density at radius 3 is 2.22 bits per heavy atom. The van der Waals surface area contributed by atoms with E-state index in [0.29, 0.717) is 31.4 Å². The van der Waals surface area contributed by atoms with Crippen LogP contribution in [0.15, 0.2) is 28.8 Å². The van der Waals surface area contributed by atoms with E-state index in [4.69, 9.17) is 28.4 Å². The SMILES string of the molecule is CC(=O)OC[C@H]1O[C@H](OCCCN=C2C=C[C@@]3(C)C(=C2)CC[C@H]2[C@@H]4C[C@@H](C)[C@](O)(C(=O)CO)[C@@]4(C)C[C@H](O)[C@@]23F)[C@@H](OC(C)=O)[C@@H](OC(C)=O)[C@@H]1OC(C)=O. The lowest BCUT2D eigenvalue weighted by Gasteiger charge is -2.62. The molecule has 3 N–H and O–H groups in total. The van der Waals surface area contributed by atoms with Gasteiger partial charge in [0.1, 0.15) is 24.9 Å². The maximum atomic E-state index is 17.7. The molecule has 0 radical (unpaired) electrons. The van der Waals surface area contributed by atoms with Gasteiger partial charge in [-0.15, -0.1) is 0 Å². The second-order valence-corrected chi connectivity index (χ2v) is 15.9. The number of hydrogen-bond acceptors (Lipinski definition) is 15. The standard InChI is InChI=1S/C39H54FNO14/c1-20-15-28-27-10-9-25-16-26(11-12-36(25,6)38(27,40)30(47)17-37(28,7)39(20,49)31(48)18-42)41-13-8-14-50-35-34(54-24(5)46)33(53-23(4)45)32(52-22(3)44)29(55-35)19-51-21(2)43/h11-12,16,20,27-30,32-35,42,47,49H,8-10,13-15,17-19H2,1-7H3/t20-,27+,28+,29-,30+,32-,33+,34+,35+,36+,37+,38+,39+/m1/s1. The topological polar surface area (TPSA) is 214 Å². The Kier molecular flexibility index (Phi) is 12.5. The number of carbonyl (C=O) groups is 5. The highest BCUT2D eigenvalue weighted by atomic mass is 19.1. The number of aliphatic hydroxyl groups excluding tert-OH is 2. The number of fused-ring (bicyclic) bond motifs is 5. The van der Waals surface area contributed by atoms with Crippen LogP contribution in [-0.4, -0.2) is 125 Å². The van der Waals surface area contributed by atoms with Crippen LogP contribution in [0.5, 0.6) is 0 Å². The quantitative estimate of drug-likeness (QED) is 0.147. The van der Waals surface area contributed by atoms with E-state index in [0.717, 1.165) is 26.3 Å². The number of allylic oxidation sites excluding steroid dienone is 4. The first kappa shape index (κ1) is 42.6. The van der Waals surface area contributed by atoms with E-state index in [1.54, 1.807) is 32.9 Å². The van der Waals surface area contributed by atoms with Crippen molar-refractivity contribution in [2.24, 2.45) is 33.6 Å². The summed E-state index contributed by atoms with van der Waals surface area (Å²) in [6.07, 6.45) is -1.11. The van der Waals surface area contributed by atoms with Crippen LogP contribution in [0.2, 0.25) is 0 Å². The molecule has 0 aromatic rings. The Labute approximate surface area is 319 Å². The van der Waals surface area contributed by atoms with Crippen molar-refractivity contribution in [2.45, 2.75) is 129 Å². The van der Waals surface area contributed by atoms with E-state index in [-0.39, 0.29) is 32.1 Å². The van der Waals surface area contributed by atoms with Gasteiger partial charge in [-0.25, -0.2) is 4.39 Å². The Hall–Kier alpha value is -3.57. The summed E-state index contributed by atoms with van der Waals surface area (Å²) in [5, 5.41) is 33.0. The molecule has 0 aromatic heterocycles. The molecule has 1 aliphatic heterocycles. The molecule has 16 heteroatoms. The summed E-state index contributed by atoms with van der Waals surface area (Å²) in [6.45, 7) is 8.91. The monoisotopic (exact) mass is 779 g/mol. The van der Waals surface area contributed by atoms with Crippen molar-refractivity contribution >= 4 is 35.4 Å². The minimum absolute atomic E-state index is 0.0215. The number of esters is 4. The first-order valence-electron chi connectivity index (χ1n) is 18.8. The van der Waals surface area contributed by atoms with Crippen LogP contribution in [0.1, 0.15) is 80.6 Å². The minimum Gasteiger partial charge on any atom is -0.463 e. The van der Waals surface area contributed by atoms with Gasteiger partial charge in [0.2, 0.25) is 0 Å². The lowest BCUT2D eigenvalue weighted by molar-refractivity contribution is -0.308. The van der Waals surface area contributed by atoms with Gasteiger partial charge in [0.25, 0.3) is 0 Å². The summed E-state index contributed by atoms with van der Waals surface area (Å²) in [5.74, 6) is -5.13. The summed E-state index contributed by atoms with van der Waals surface area (Å²) in [7, 11) is 0. The Morgan fingerprint density at radius 1 is 0.964 bits per heavy atom. The zero-order chi connectivity index (χ0) is 40.7. The highest BCUT2D eigenvalue weighted by Crippen LogP contribution is 2.70. The van der Waals surface area contributed by atoms with E-state index < -0.39 is 107 Å². The first-order valence-corrected chi connectivity index (χ1v) is 18.8. The molecule has 1 saturated heterocycles. The molecule has 5 rings (SSSR count). The number of ether oxygens (including phenoxy) is 6. The van der Waals surface area contributed by atoms with Gasteiger partial charge in [0, 0.05) is 51.0 Å². The third kappa shape index (κ3) is 7.52. The molecule has 0 aromatic carbocycles. The lowest BCUT2D eigenvalue weighted by Crippen LogP contribution is -2.69. The highest BCUT2D eigenvalue weighted by Gasteiger charge is 2.75. The zero-order valence-electron chi connectivity index (χ0n) is 32.4. The van der Waals surface area contributed by atoms with Gasteiger partial charge < -0.3 is 43.7 Å². The maximum absolute atomic E-state index is 17.7. The molecule has 5 aliphatic rings. The largest absolute Gasteiger partial charge is 0.463 e. The summed E-state index contributed by atoms with van der Waals surface area (Å²) >= 11 is 0. The van der Waals surface area contributed by atoms with Gasteiger partial charge in [0.15, 0.2) is 36.1 Å². The van der Waals surface area contributed by atoms with Gasteiger partial charge in [0.05, 0.1) is 18.4 Å². The van der Waals surface area contributed by atoms with Gasteiger partial charge in [-0.3, -0.25) is 29.0 Å². The van der Waals surface area contributed by atoms with Crippen molar-refractivity contribution in [3.63, 3.8) is 0 Å². The molecule has 13 atom stereocenters. The molecule has 1 heterocycles. The molecular weight excluding hydrogens is 725 g/mol. The number of alkyl halides is 1. The number of hydrogen-bond donors (Lipinski definition) is 3. The van der Waals surface area contributed by atoms with Crippen LogP contribution in [0.25, 0.3) is 0 Å². The number of aliphatic hydroxyl groups is 3. The van der Waals surface area contributed by atoms with Crippen LogP contribution in [0.3, 0.4) is 0 Å². The minimum atomic E-state index is -2.07. The van der Waals surface area contributed by atoms with E-state index >= 15 is 4.39 Å². The Balaban J connectivity index is 1.28. The fourth-order valence-corrected chi connectivity index (χ4v) is 10.2. The third-order valence-electron chi connectivity index (χ3n) is 12.6. The first-order chi connectivity index (χ1) is 25.7. The van der Waals surface area contributed by atoms with Crippen molar-refractivity contribution in [1.29, 1.82) is 0 Å². The number of ketones is 1. The van der Waals surface area contributed by atoms with E-state index in [9.17, 15) is 39.3 Å². The number of halogens is 1. The number of nitrogens with zero attached hydrogens (tertiary/aromatic N) is 1. The molecule has 55 heavy (non-hydrogen) atoms. The van der Waals surface area contributed by atoms with Crippen molar-refractivity contribution in [3.8, 4) is 0 Å². The molecule has 4 fully saturated rings. The molecule has 0 amide bonds. The molecule has 3 saturated carbocycles. The van der Waals surface area contributed by atoms with Crippen molar-refractivity contribution < 1.29 is 72.1 Å². The summed E-state index contributed by atoms with van der Waals surface area (Å²) in [5.41, 5.74) is -4.85. The van der Waals surface area contributed by atoms with Gasteiger partial charge >= 0.3 is 23.9 Å². The smallest absolute Gasteiger partial charge is 0.303 e. The Bertz CT molecular complexity index is 1630. The molecule has 0 bridgehead atoms. The Morgan fingerprint density at radius 2 is 1.60 bits per heavy atom. The molecule has 4 aliphatic carbocycles. The number of carbonyl (C=O) groups excluding carboxylic acids is 5. The fourth-order valence-electron chi connectivity index (χ4n) is 10.2. The van der Waals surface area contributed by atoms with Gasteiger partial charge in [-0.2, -0.15) is 0 Å². The zero-order valence-corrected chi connectivity index (χ0v) is 32.4. The lowest BCUT2D eigenvalue weighted by atomic mass is 9.44. The van der Waals surface area contributed by atoms with E-state index in [1.165, 1.54) is 6.92 Å². The molecule has 0 unspecified atom stereocenters. The van der Waals surface area contributed by atoms with E-state index in [1.807, 2.05) is 6.08 Å². The van der Waals surface area contributed by atoms with Crippen LogP contribution < -0.4 is 0 Å². The average Bonchev–Trinajstić information content (AvgIpc) is 3.30. The third-order valence-corrected chi connectivity index (χ3v) is 12.6. The van der Waals surface area contributed by atoms with Crippen LogP contribution in [-0.2, 0) is 52.4 Å².